The van der Waals surface area contributed by atoms with E-state index in [0.29, 0.717) is 5.89 Å². The van der Waals surface area contributed by atoms with Crippen molar-refractivity contribution in [3.63, 3.8) is 0 Å². The Labute approximate surface area is 131 Å². The lowest BCUT2D eigenvalue weighted by Crippen LogP contribution is -2.24. The normalized spacial score (nSPS) is 21.0. The summed E-state index contributed by atoms with van der Waals surface area (Å²) in [5.41, 5.74) is 0.803. The van der Waals surface area contributed by atoms with E-state index in [9.17, 15) is 9.18 Å². The minimum Gasteiger partial charge on any atom is -0.345 e. The quantitative estimate of drug-likeness (QED) is 0.938. The van der Waals surface area contributed by atoms with Crippen molar-refractivity contribution >= 4 is 17.7 Å². The van der Waals surface area contributed by atoms with Crippen LogP contribution in [0.15, 0.2) is 28.8 Å². The zero-order valence-corrected chi connectivity index (χ0v) is 13.0. The number of thioether (sulfide) groups is 1. The zero-order chi connectivity index (χ0) is 15.6. The van der Waals surface area contributed by atoms with E-state index >= 15 is 0 Å². The smallest absolute Gasteiger partial charge is 0.292 e. The van der Waals surface area contributed by atoms with Crippen LogP contribution < -0.4 is 5.32 Å². The van der Waals surface area contributed by atoms with Gasteiger partial charge in [-0.1, -0.05) is 17.3 Å². The van der Waals surface area contributed by atoms with E-state index in [1.807, 2.05) is 0 Å². The lowest BCUT2D eigenvalue weighted by molar-refractivity contribution is 0.0937. The zero-order valence-electron chi connectivity index (χ0n) is 12.1. The predicted octanol–water partition coefficient (Wildman–Crippen LogP) is 2.88. The van der Waals surface area contributed by atoms with E-state index in [2.05, 4.69) is 22.4 Å². The van der Waals surface area contributed by atoms with Gasteiger partial charge >= 0.3 is 0 Å². The van der Waals surface area contributed by atoms with Crippen molar-refractivity contribution in [1.29, 1.82) is 0 Å². The summed E-state index contributed by atoms with van der Waals surface area (Å²) in [5, 5.41) is 6.46. The van der Waals surface area contributed by atoms with E-state index in [0.717, 1.165) is 24.2 Å². The summed E-state index contributed by atoms with van der Waals surface area (Å²) >= 11 is 1.77. The molecule has 7 heteroatoms. The van der Waals surface area contributed by atoms with Gasteiger partial charge in [0.05, 0.1) is 4.75 Å². The summed E-state index contributed by atoms with van der Waals surface area (Å²) in [4.78, 5) is 16.3. The third kappa shape index (κ3) is 3.14. The molecular formula is C15H16FN3O2S. The summed E-state index contributed by atoms with van der Waals surface area (Å²) < 4.78 is 17.9. The average molecular weight is 321 g/mol. The van der Waals surface area contributed by atoms with Gasteiger partial charge in [0.1, 0.15) is 5.82 Å². The molecule has 116 valence electrons. The summed E-state index contributed by atoms with van der Waals surface area (Å²) in [6.07, 6.45) is 2.08. The molecule has 1 aromatic heterocycles. The molecular weight excluding hydrogens is 305 g/mol. The topological polar surface area (TPSA) is 68.0 Å². The Bertz CT molecular complexity index is 666. The van der Waals surface area contributed by atoms with Crippen LogP contribution >= 0.6 is 11.8 Å². The van der Waals surface area contributed by atoms with Crippen LogP contribution in [0.25, 0.3) is 0 Å². The molecule has 1 atom stereocenters. The lowest BCUT2D eigenvalue weighted by atomic mass is 10.1. The monoisotopic (exact) mass is 321 g/mol. The van der Waals surface area contributed by atoms with E-state index < -0.39 is 5.91 Å². The number of benzene rings is 1. The average Bonchev–Trinajstić information content (AvgIpc) is 3.16. The van der Waals surface area contributed by atoms with Gasteiger partial charge < -0.3 is 9.84 Å². The van der Waals surface area contributed by atoms with Gasteiger partial charge in [-0.15, -0.1) is 11.8 Å². The number of amides is 1. The highest BCUT2D eigenvalue weighted by molar-refractivity contribution is 8.00. The molecule has 0 unspecified atom stereocenters. The molecule has 1 aromatic carbocycles. The minimum absolute atomic E-state index is 0.0332. The number of hydrogen-bond donors (Lipinski definition) is 1. The van der Waals surface area contributed by atoms with E-state index in [1.54, 1.807) is 23.9 Å². The fourth-order valence-electron chi connectivity index (χ4n) is 2.34. The molecule has 3 rings (SSSR count). The highest BCUT2D eigenvalue weighted by atomic mass is 32.2. The third-order valence-electron chi connectivity index (χ3n) is 3.67. The molecule has 5 nitrogen and oxygen atoms in total. The molecule has 0 saturated carbocycles. The van der Waals surface area contributed by atoms with Crippen molar-refractivity contribution in [2.24, 2.45) is 0 Å². The molecule has 1 fully saturated rings. The molecule has 0 aliphatic carbocycles. The SMILES string of the molecule is C[C@]1(c2nc(C(=O)NCc3ccc(F)cc3)no2)CCCS1. The van der Waals surface area contributed by atoms with Crippen molar-refractivity contribution in [3.8, 4) is 0 Å². The number of carbonyl (C=O) groups excluding carboxylic acids is 1. The molecule has 22 heavy (non-hydrogen) atoms. The van der Waals surface area contributed by atoms with Gasteiger partial charge in [-0.2, -0.15) is 4.98 Å². The van der Waals surface area contributed by atoms with Crippen molar-refractivity contribution in [1.82, 2.24) is 15.5 Å². The van der Waals surface area contributed by atoms with Gasteiger partial charge in [0, 0.05) is 6.54 Å². The van der Waals surface area contributed by atoms with E-state index in [-0.39, 0.29) is 22.9 Å². The second kappa shape index (κ2) is 6.08. The number of aromatic nitrogens is 2. The fraction of sp³-hybridized carbons (Fsp3) is 0.400. The number of carbonyl (C=O) groups is 1. The van der Waals surface area contributed by atoms with Crippen LogP contribution in [-0.2, 0) is 11.3 Å². The highest BCUT2D eigenvalue weighted by Gasteiger charge is 2.37. The Hall–Kier alpha value is -1.89. The number of halogens is 1. The predicted molar refractivity (Wildman–Crippen MR) is 80.9 cm³/mol. The maximum Gasteiger partial charge on any atom is 0.292 e. The van der Waals surface area contributed by atoms with Crippen molar-refractivity contribution in [2.75, 3.05) is 5.75 Å². The van der Waals surface area contributed by atoms with E-state index in [4.69, 9.17) is 4.52 Å². The maximum atomic E-state index is 12.8. The molecule has 0 radical (unpaired) electrons. The van der Waals surface area contributed by atoms with Crippen LogP contribution in [0.2, 0.25) is 0 Å². The molecule has 1 aliphatic rings. The van der Waals surface area contributed by atoms with Gasteiger partial charge in [-0.05, 0) is 43.2 Å². The lowest BCUT2D eigenvalue weighted by Gasteiger charge is -2.15. The number of hydrogen-bond acceptors (Lipinski definition) is 5. The Morgan fingerprint density at radius 1 is 1.45 bits per heavy atom. The molecule has 0 bridgehead atoms. The molecule has 2 heterocycles. The largest absolute Gasteiger partial charge is 0.345 e. The van der Waals surface area contributed by atoms with Gasteiger partial charge in [0.2, 0.25) is 5.89 Å². The van der Waals surface area contributed by atoms with Crippen LogP contribution in [0.5, 0.6) is 0 Å². The first-order valence-corrected chi connectivity index (χ1v) is 8.06. The number of rotatable bonds is 4. The summed E-state index contributed by atoms with van der Waals surface area (Å²) in [5.74, 6) is 0.893. The van der Waals surface area contributed by atoms with Crippen molar-refractivity contribution in [2.45, 2.75) is 31.1 Å². The van der Waals surface area contributed by atoms with E-state index in [1.165, 1.54) is 12.1 Å². The van der Waals surface area contributed by atoms with Crippen LogP contribution in [0.3, 0.4) is 0 Å². The Morgan fingerprint density at radius 2 is 2.23 bits per heavy atom. The van der Waals surface area contributed by atoms with Crippen LogP contribution in [0.4, 0.5) is 4.39 Å². The third-order valence-corrected chi connectivity index (χ3v) is 5.18. The second-order valence-corrected chi connectivity index (χ2v) is 7.01. The first kappa shape index (κ1) is 15.0. The molecule has 0 spiro atoms. The molecule has 1 aliphatic heterocycles. The molecule has 2 aromatic rings. The first-order chi connectivity index (χ1) is 10.6. The fourth-order valence-corrected chi connectivity index (χ4v) is 3.58. The first-order valence-electron chi connectivity index (χ1n) is 7.08. The summed E-state index contributed by atoms with van der Waals surface area (Å²) in [6, 6.07) is 5.94. The second-order valence-electron chi connectivity index (χ2n) is 5.42. The van der Waals surface area contributed by atoms with Crippen molar-refractivity contribution in [3.05, 3.63) is 47.4 Å². The van der Waals surface area contributed by atoms with Crippen LogP contribution in [-0.4, -0.2) is 21.8 Å². The Balaban J connectivity index is 1.63. The molecule has 1 amide bonds. The highest BCUT2D eigenvalue weighted by Crippen LogP contribution is 2.45. The summed E-state index contributed by atoms with van der Waals surface area (Å²) in [7, 11) is 0. The number of nitrogens with zero attached hydrogens (tertiary/aromatic N) is 2. The van der Waals surface area contributed by atoms with Crippen molar-refractivity contribution < 1.29 is 13.7 Å². The molecule has 1 N–H and O–H groups in total. The standard InChI is InChI=1S/C15H16FN3O2S/c1-15(7-2-8-22-15)14-18-12(19-21-14)13(20)17-9-10-3-5-11(16)6-4-10/h3-6H,2,7-9H2,1H3,(H,17,20)/t15-/m1/s1. The number of nitrogens with one attached hydrogen (secondary N) is 1. The molecule has 1 saturated heterocycles. The van der Waals surface area contributed by atoms with Gasteiger partial charge in [0.15, 0.2) is 0 Å². The Kier molecular flexibility index (Phi) is 4.15. The Morgan fingerprint density at radius 3 is 2.91 bits per heavy atom. The van der Waals surface area contributed by atoms with Crippen LogP contribution in [0, 0.1) is 5.82 Å². The van der Waals surface area contributed by atoms with Crippen LogP contribution in [0.1, 0.15) is 41.8 Å². The summed E-state index contributed by atoms with van der Waals surface area (Å²) in [6.45, 7) is 2.34. The van der Waals surface area contributed by atoms with Gasteiger partial charge in [-0.3, -0.25) is 4.79 Å². The van der Waals surface area contributed by atoms with Gasteiger partial charge in [-0.25, -0.2) is 4.39 Å². The minimum atomic E-state index is -0.397. The van der Waals surface area contributed by atoms with Gasteiger partial charge in [0.25, 0.3) is 11.7 Å². The maximum absolute atomic E-state index is 12.8.